The molecule has 2 aliphatic rings. The largest absolute Gasteiger partial charge is 0.481 e. The van der Waals surface area contributed by atoms with Gasteiger partial charge in [-0.25, -0.2) is 4.98 Å². The van der Waals surface area contributed by atoms with E-state index in [9.17, 15) is 0 Å². The number of ether oxygens (including phenoxy) is 1. The first-order valence-electron chi connectivity index (χ1n) is 7.11. The molecule has 2 aromatic rings. The van der Waals surface area contributed by atoms with Crippen molar-refractivity contribution in [3.05, 3.63) is 41.6 Å². The average molecular weight is 267 g/mol. The van der Waals surface area contributed by atoms with Gasteiger partial charge in [-0.15, -0.1) is 0 Å². The summed E-state index contributed by atoms with van der Waals surface area (Å²) in [6.07, 6.45) is 3.34. The van der Waals surface area contributed by atoms with Crippen LogP contribution in [0, 0.1) is 0 Å². The van der Waals surface area contributed by atoms with E-state index in [1.54, 1.807) is 7.11 Å². The zero-order valence-electron chi connectivity index (χ0n) is 11.5. The van der Waals surface area contributed by atoms with Gasteiger partial charge < -0.3 is 10.1 Å². The molecule has 4 heteroatoms. The highest BCUT2D eigenvalue weighted by Crippen LogP contribution is 2.40. The molecule has 2 atom stereocenters. The van der Waals surface area contributed by atoms with E-state index in [4.69, 9.17) is 9.72 Å². The second kappa shape index (κ2) is 4.56. The number of rotatable bonds is 2. The van der Waals surface area contributed by atoms with E-state index in [1.165, 1.54) is 12.0 Å². The van der Waals surface area contributed by atoms with Gasteiger partial charge in [0.25, 0.3) is 0 Å². The fourth-order valence-electron chi connectivity index (χ4n) is 3.31. The normalized spacial score (nSPS) is 23.4. The maximum Gasteiger partial charge on any atom is 0.221 e. The van der Waals surface area contributed by atoms with Gasteiger partial charge in [0, 0.05) is 24.1 Å². The predicted molar refractivity (Wildman–Crippen MR) is 76.6 cm³/mol. The second-order valence-electron chi connectivity index (χ2n) is 5.48. The van der Waals surface area contributed by atoms with Crippen LogP contribution in [0.4, 0.5) is 0 Å². The molecule has 20 heavy (non-hydrogen) atoms. The molecule has 3 heterocycles. The van der Waals surface area contributed by atoms with Crippen LogP contribution in [0.15, 0.2) is 30.3 Å². The van der Waals surface area contributed by atoms with Crippen molar-refractivity contribution in [3.63, 3.8) is 0 Å². The Balaban J connectivity index is 1.87. The molecular weight excluding hydrogens is 250 g/mol. The number of nitrogens with zero attached hydrogens (tertiary/aromatic N) is 2. The fourth-order valence-corrected chi connectivity index (χ4v) is 3.31. The number of hydrogen-bond donors (Lipinski definition) is 1. The topological polar surface area (TPSA) is 47.0 Å². The lowest BCUT2D eigenvalue weighted by atomic mass is 10.0. The minimum absolute atomic E-state index is 0.364. The Kier molecular flexibility index (Phi) is 2.70. The summed E-state index contributed by atoms with van der Waals surface area (Å²) in [5, 5.41) is 3.62. The zero-order valence-corrected chi connectivity index (χ0v) is 11.5. The summed E-state index contributed by atoms with van der Waals surface area (Å²) in [5.74, 6) is 1.49. The number of aromatic nitrogens is 2. The molecule has 1 aromatic heterocycles. The first kappa shape index (κ1) is 11.9. The van der Waals surface area contributed by atoms with Crippen molar-refractivity contribution in [3.8, 4) is 17.3 Å². The molecule has 1 N–H and O–H groups in total. The Morgan fingerprint density at radius 2 is 2.00 bits per heavy atom. The minimum Gasteiger partial charge on any atom is -0.481 e. The molecule has 2 bridgehead atoms. The maximum absolute atomic E-state index is 5.53. The summed E-state index contributed by atoms with van der Waals surface area (Å²) in [5.41, 5.74) is 3.36. The highest BCUT2D eigenvalue weighted by molar-refractivity contribution is 5.57. The van der Waals surface area contributed by atoms with E-state index in [2.05, 4.69) is 10.3 Å². The van der Waals surface area contributed by atoms with Crippen LogP contribution in [-0.4, -0.2) is 23.1 Å². The molecule has 1 fully saturated rings. The van der Waals surface area contributed by atoms with Crippen LogP contribution >= 0.6 is 0 Å². The molecule has 2 aliphatic heterocycles. The zero-order chi connectivity index (χ0) is 13.5. The molecule has 1 saturated heterocycles. The summed E-state index contributed by atoms with van der Waals surface area (Å²) >= 11 is 0. The molecule has 0 amide bonds. The SMILES string of the molecule is COc1nc(-c2ccccc2)nc2c1C1CCC(C2)N1. The number of hydrogen-bond acceptors (Lipinski definition) is 4. The van der Waals surface area contributed by atoms with Crippen LogP contribution in [-0.2, 0) is 6.42 Å². The smallest absolute Gasteiger partial charge is 0.221 e. The highest BCUT2D eigenvalue weighted by Gasteiger charge is 2.36. The van der Waals surface area contributed by atoms with Crippen molar-refractivity contribution in [2.45, 2.75) is 31.3 Å². The van der Waals surface area contributed by atoms with Gasteiger partial charge >= 0.3 is 0 Å². The van der Waals surface area contributed by atoms with Gasteiger partial charge in [-0.2, -0.15) is 4.98 Å². The third kappa shape index (κ3) is 1.79. The van der Waals surface area contributed by atoms with E-state index < -0.39 is 0 Å². The molecule has 0 radical (unpaired) electrons. The van der Waals surface area contributed by atoms with Crippen molar-refractivity contribution in [1.29, 1.82) is 0 Å². The Bertz CT molecular complexity index is 642. The van der Waals surface area contributed by atoms with Gasteiger partial charge in [-0.3, -0.25) is 0 Å². The molecule has 102 valence electrons. The lowest BCUT2D eigenvalue weighted by Crippen LogP contribution is -2.33. The number of fused-ring (bicyclic) bond motifs is 4. The monoisotopic (exact) mass is 267 g/mol. The Hall–Kier alpha value is -1.94. The van der Waals surface area contributed by atoms with Crippen molar-refractivity contribution < 1.29 is 4.74 Å². The van der Waals surface area contributed by atoms with Crippen LogP contribution in [0.1, 0.15) is 30.1 Å². The molecule has 0 saturated carbocycles. The van der Waals surface area contributed by atoms with Gasteiger partial charge in [-0.05, 0) is 12.8 Å². The van der Waals surface area contributed by atoms with Crippen LogP contribution in [0.2, 0.25) is 0 Å². The van der Waals surface area contributed by atoms with Gasteiger partial charge in [0.2, 0.25) is 5.88 Å². The van der Waals surface area contributed by atoms with Crippen LogP contribution < -0.4 is 10.1 Å². The van der Waals surface area contributed by atoms with Crippen LogP contribution in [0.25, 0.3) is 11.4 Å². The molecule has 2 unspecified atom stereocenters. The minimum atomic E-state index is 0.364. The van der Waals surface area contributed by atoms with Crippen molar-refractivity contribution in [2.75, 3.05) is 7.11 Å². The summed E-state index contributed by atoms with van der Waals surface area (Å²) in [6.45, 7) is 0. The van der Waals surface area contributed by atoms with Gasteiger partial charge in [0.05, 0.1) is 18.4 Å². The van der Waals surface area contributed by atoms with E-state index in [0.717, 1.165) is 35.8 Å². The van der Waals surface area contributed by atoms with E-state index in [-0.39, 0.29) is 0 Å². The Morgan fingerprint density at radius 1 is 1.15 bits per heavy atom. The summed E-state index contributed by atoms with van der Waals surface area (Å²) in [7, 11) is 1.69. The average Bonchev–Trinajstić information content (AvgIpc) is 2.88. The highest BCUT2D eigenvalue weighted by atomic mass is 16.5. The van der Waals surface area contributed by atoms with Crippen molar-refractivity contribution in [2.24, 2.45) is 0 Å². The van der Waals surface area contributed by atoms with Crippen LogP contribution in [0.3, 0.4) is 0 Å². The van der Waals surface area contributed by atoms with Gasteiger partial charge in [0.15, 0.2) is 5.82 Å². The summed E-state index contributed by atoms with van der Waals surface area (Å²) in [4.78, 5) is 9.42. The standard InChI is InChI=1S/C16H17N3O/c1-20-16-14-12-8-7-11(17-12)9-13(14)18-15(19-16)10-5-3-2-4-6-10/h2-6,11-12,17H,7-9H2,1H3. The van der Waals surface area contributed by atoms with E-state index in [0.29, 0.717) is 12.1 Å². The Labute approximate surface area is 118 Å². The lowest BCUT2D eigenvalue weighted by molar-refractivity contribution is 0.376. The molecular formula is C16H17N3O. The van der Waals surface area contributed by atoms with Crippen LogP contribution in [0.5, 0.6) is 5.88 Å². The first-order valence-corrected chi connectivity index (χ1v) is 7.11. The van der Waals surface area contributed by atoms with Gasteiger partial charge in [-0.1, -0.05) is 30.3 Å². The molecule has 0 spiro atoms. The summed E-state index contributed by atoms with van der Waals surface area (Å²) < 4.78 is 5.53. The number of methoxy groups -OCH3 is 1. The molecule has 1 aromatic carbocycles. The van der Waals surface area contributed by atoms with Crippen molar-refractivity contribution in [1.82, 2.24) is 15.3 Å². The van der Waals surface area contributed by atoms with Crippen molar-refractivity contribution >= 4 is 0 Å². The first-order chi connectivity index (χ1) is 9.85. The molecule has 4 nitrogen and oxygen atoms in total. The quantitative estimate of drug-likeness (QED) is 0.908. The lowest BCUT2D eigenvalue weighted by Gasteiger charge is -2.25. The molecule has 4 rings (SSSR count). The maximum atomic E-state index is 5.53. The van der Waals surface area contributed by atoms with E-state index >= 15 is 0 Å². The van der Waals surface area contributed by atoms with Gasteiger partial charge in [0.1, 0.15) is 0 Å². The fraction of sp³-hybridized carbons (Fsp3) is 0.375. The predicted octanol–water partition coefficient (Wildman–Crippen LogP) is 2.50. The Morgan fingerprint density at radius 3 is 2.80 bits per heavy atom. The number of benzene rings is 1. The second-order valence-corrected chi connectivity index (χ2v) is 5.48. The summed E-state index contributed by atoms with van der Waals surface area (Å²) in [6, 6.07) is 11.0. The third-order valence-corrected chi connectivity index (χ3v) is 4.24. The molecule has 0 aliphatic carbocycles. The third-order valence-electron chi connectivity index (χ3n) is 4.24. The number of nitrogens with one attached hydrogen (secondary N) is 1. The van der Waals surface area contributed by atoms with E-state index in [1.807, 2.05) is 30.3 Å².